The molecule has 0 aliphatic carbocycles. The maximum Gasteiger partial charge on any atom is 1.00 e. The number of fused-ring (bicyclic) bond motifs is 1. The zero-order chi connectivity index (χ0) is 16.6. The molecule has 0 nitrogen and oxygen atoms in total. The Morgan fingerprint density at radius 1 is 0.462 bits per heavy atom. The van der Waals surface area contributed by atoms with E-state index in [4.69, 9.17) is 0 Å². The first-order chi connectivity index (χ1) is 11.8. The van der Waals surface area contributed by atoms with Crippen molar-refractivity contribution in [2.75, 3.05) is 0 Å². The maximum absolute atomic E-state index is 4.10. The average Bonchev–Trinajstić information content (AvgIpc) is 2.69. The minimum absolute atomic E-state index is 0. The van der Waals surface area contributed by atoms with Crippen LogP contribution in [-0.4, -0.2) is 0 Å². The van der Waals surface area contributed by atoms with Gasteiger partial charge in [-0.1, -0.05) is 116 Å². The molecule has 0 bridgehead atoms. The maximum atomic E-state index is 4.10. The van der Waals surface area contributed by atoms with Gasteiger partial charge in [0.2, 0.25) is 0 Å². The first kappa shape index (κ1) is 22.1. The number of hydrogen-bond donors (Lipinski definition) is 0. The summed E-state index contributed by atoms with van der Waals surface area (Å²) in [6.45, 7) is 4.10. The van der Waals surface area contributed by atoms with Gasteiger partial charge >= 0.3 is 37.7 Å². The van der Waals surface area contributed by atoms with Gasteiger partial charge in [-0.3, -0.25) is 0 Å². The van der Waals surface area contributed by atoms with Gasteiger partial charge in [0.05, 0.1) is 0 Å². The summed E-state index contributed by atoms with van der Waals surface area (Å²) in [5.74, 6) is 0. The van der Waals surface area contributed by atoms with E-state index in [1.54, 1.807) is 0 Å². The monoisotopic (exact) mass is 324 g/mol. The molecule has 0 radical (unpaired) electrons. The van der Waals surface area contributed by atoms with Crippen molar-refractivity contribution in [1.82, 2.24) is 0 Å². The molecule has 4 rings (SSSR count). The fraction of sp³-hybridized carbons (Fsp3) is 0. The van der Waals surface area contributed by atoms with Gasteiger partial charge in [-0.15, -0.1) is 0 Å². The average molecular weight is 324 g/mol. The summed E-state index contributed by atoms with van der Waals surface area (Å²) in [7, 11) is 0. The summed E-state index contributed by atoms with van der Waals surface area (Å²) < 4.78 is 0. The molecule has 0 aromatic heterocycles. The summed E-state index contributed by atoms with van der Waals surface area (Å²) in [6, 6.07) is 37.2. The van der Waals surface area contributed by atoms with Crippen LogP contribution in [0, 0.1) is 0 Å². The molecule has 0 aliphatic rings. The third-order valence-corrected chi connectivity index (χ3v) is 3.90. The molecule has 4 aromatic carbocycles. The Bertz CT molecular complexity index is 820. The first-order valence-corrected chi connectivity index (χ1v) is 8.08. The second-order valence-corrected chi connectivity index (χ2v) is 5.56. The van der Waals surface area contributed by atoms with Crippen LogP contribution in [0.15, 0.2) is 116 Å². The van der Waals surface area contributed by atoms with E-state index in [2.05, 4.69) is 79.4 Å². The van der Waals surface area contributed by atoms with Crippen molar-refractivity contribution in [2.45, 2.75) is 0 Å². The molecule has 0 aliphatic heterocycles. The topological polar surface area (TPSA) is 0 Å². The van der Waals surface area contributed by atoms with E-state index in [1.807, 2.05) is 36.4 Å². The van der Waals surface area contributed by atoms with Crippen molar-refractivity contribution in [1.29, 1.82) is 0 Å². The van der Waals surface area contributed by atoms with Crippen LogP contribution >= 0.6 is 0 Å². The van der Waals surface area contributed by atoms with Crippen molar-refractivity contribution in [3.05, 3.63) is 127 Å². The largest absolute Gasteiger partial charge is 1.00 e. The van der Waals surface area contributed by atoms with Crippen LogP contribution in [0.5, 0.6) is 0 Å². The van der Waals surface area contributed by atoms with E-state index >= 15 is 0 Å². The Morgan fingerprint density at radius 2 is 0.731 bits per heavy atom. The van der Waals surface area contributed by atoms with Crippen LogP contribution in [0.3, 0.4) is 0 Å². The molecular formula is C24H22Li2. The van der Waals surface area contributed by atoms with Crippen molar-refractivity contribution >= 4 is 16.3 Å². The smallest absolute Gasteiger partial charge is 1.00 e. The number of rotatable bonds is 2. The minimum Gasteiger partial charge on any atom is -1.00 e. The Morgan fingerprint density at radius 3 is 1.04 bits per heavy atom. The van der Waals surface area contributed by atoms with Crippen LogP contribution in [0.25, 0.3) is 16.3 Å². The quantitative estimate of drug-likeness (QED) is 0.479. The molecule has 0 heterocycles. The summed E-state index contributed by atoms with van der Waals surface area (Å²) in [5.41, 5.74) is 3.43. The van der Waals surface area contributed by atoms with E-state index < -0.39 is 0 Å². The van der Waals surface area contributed by atoms with E-state index in [1.165, 1.54) is 21.9 Å². The van der Waals surface area contributed by atoms with Gasteiger partial charge in [-0.2, -0.15) is 0 Å². The molecular weight excluding hydrogens is 302 g/mol. The third kappa shape index (κ3) is 6.10. The normalized spacial score (nSPS) is 9.08. The number of benzene rings is 4. The minimum atomic E-state index is 0. The van der Waals surface area contributed by atoms with Gasteiger partial charge < -0.3 is 2.85 Å². The Hall–Kier alpha value is -1.93. The van der Waals surface area contributed by atoms with E-state index in [9.17, 15) is 0 Å². The van der Waals surface area contributed by atoms with Crippen LogP contribution in [0.2, 0.25) is 0 Å². The fourth-order valence-electron chi connectivity index (χ4n) is 2.58. The number of hydrogen-bond acceptors (Lipinski definition) is 0. The summed E-state index contributed by atoms with van der Waals surface area (Å²) >= 11 is 0. The van der Waals surface area contributed by atoms with Crippen molar-refractivity contribution in [2.24, 2.45) is 0 Å². The molecule has 0 saturated heterocycles. The predicted octanol–water partition coefficient (Wildman–Crippen LogP) is 0.821. The van der Waals surface area contributed by atoms with E-state index in [0.717, 1.165) is 5.57 Å². The van der Waals surface area contributed by atoms with Crippen molar-refractivity contribution in [3.63, 3.8) is 0 Å². The van der Waals surface area contributed by atoms with Gasteiger partial charge in [-0.05, 0) is 27.5 Å². The molecule has 120 valence electrons. The van der Waals surface area contributed by atoms with Crippen LogP contribution in [0.4, 0.5) is 0 Å². The summed E-state index contributed by atoms with van der Waals surface area (Å²) in [5, 5.41) is 2.62. The second-order valence-electron chi connectivity index (χ2n) is 5.56. The van der Waals surface area contributed by atoms with Gasteiger partial charge in [0, 0.05) is 0 Å². The van der Waals surface area contributed by atoms with Gasteiger partial charge in [0.1, 0.15) is 0 Å². The SMILES string of the molecule is C=C(c1ccccc1)c1ccccc1.[H-].[H-].[Li+].[Li+].c1ccc2ccccc2c1. The fourth-order valence-corrected chi connectivity index (χ4v) is 2.58. The van der Waals surface area contributed by atoms with E-state index in [0.29, 0.717) is 0 Å². The molecule has 0 amide bonds. The predicted molar refractivity (Wildman–Crippen MR) is 107 cm³/mol. The zero-order valence-electron chi connectivity index (χ0n) is 17.6. The van der Waals surface area contributed by atoms with Crippen molar-refractivity contribution in [3.8, 4) is 0 Å². The van der Waals surface area contributed by atoms with Crippen LogP contribution in [0.1, 0.15) is 14.0 Å². The Balaban J connectivity index is 0. The Kier molecular flexibility index (Phi) is 9.91. The van der Waals surface area contributed by atoms with Gasteiger partial charge in [0.25, 0.3) is 0 Å². The Labute approximate surface area is 183 Å². The molecule has 0 saturated carbocycles. The van der Waals surface area contributed by atoms with Crippen LogP contribution in [-0.2, 0) is 0 Å². The second kappa shape index (κ2) is 11.6. The van der Waals surface area contributed by atoms with Crippen molar-refractivity contribution < 1.29 is 40.6 Å². The molecule has 4 aromatic rings. The molecule has 2 heteroatoms. The summed E-state index contributed by atoms with van der Waals surface area (Å²) in [6.07, 6.45) is 0. The van der Waals surface area contributed by atoms with E-state index in [-0.39, 0.29) is 40.6 Å². The third-order valence-electron chi connectivity index (χ3n) is 3.90. The zero-order valence-corrected chi connectivity index (χ0v) is 15.6. The molecule has 26 heavy (non-hydrogen) atoms. The van der Waals surface area contributed by atoms with Gasteiger partial charge in [-0.25, -0.2) is 0 Å². The molecule has 0 unspecified atom stereocenters. The molecule has 0 fully saturated rings. The summed E-state index contributed by atoms with van der Waals surface area (Å²) in [4.78, 5) is 0. The first-order valence-electron chi connectivity index (χ1n) is 8.08. The van der Waals surface area contributed by atoms with Gasteiger partial charge in [0.15, 0.2) is 0 Å². The van der Waals surface area contributed by atoms with Crippen LogP contribution < -0.4 is 37.7 Å². The molecule has 0 spiro atoms. The molecule has 0 atom stereocenters. The molecule has 0 N–H and O–H groups in total. The standard InChI is InChI=1S/C14H12.C10H8.2Li.2H/c1-12(13-8-4-2-5-9-13)14-10-6-3-7-11-14;1-2-6-10-8-4-3-7-9(10)5-1;;;;/h2-11H,1H2;1-8H;;;;/q;;2*+1;2*-1.